The normalized spacial score (nSPS) is 15.4. The van der Waals surface area contributed by atoms with Gasteiger partial charge in [0.1, 0.15) is 0 Å². The summed E-state index contributed by atoms with van der Waals surface area (Å²) in [7, 11) is 0. The van der Waals surface area contributed by atoms with E-state index in [1.807, 2.05) is 34.9 Å². The van der Waals surface area contributed by atoms with Gasteiger partial charge in [0.05, 0.1) is 0 Å². The van der Waals surface area contributed by atoms with Gasteiger partial charge in [-0.1, -0.05) is 187 Å². The Morgan fingerprint density at radius 3 is 1.77 bits per heavy atom. The second kappa shape index (κ2) is 18.3. The van der Waals surface area contributed by atoms with Crippen molar-refractivity contribution in [3.05, 3.63) is 229 Å². The SMILES string of the molecule is Cc1cc2c(cc1N1c3cc4c(cc3B3c5c(cc(N(c6ccccc6)c6ccccc6)cc51)-c1ccc5sc6ccccc6c5c1N3c1ccc(C(C)(C)C)cc1-c1ccccc1)Sc1ccccc1S4)C(C)(C)CCC2(C)C. The van der Waals surface area contributed by atoms with E-state index in [-0.39, 0.29) is 23.1 Å². The first-order chi connectivity index (χ1) is 38.7. The van der Waals surface area contributed by atoms with Gasteiger partial charge in [-0.3, -0.25) is 0 Å². The lowest BCUT2D eigenvalue weighted by Gasteiger charge is -2.48. The number of hydrogen-bond acceptors (Lipinski definition) is 6. The highest BCUT2D eigenvalue weighted by Crippen LogP contribution is 2.58. The minimum absolute atomic E-state index is 0.00329. The molecular weight excluding hydrogens is 1030 g/mol. The molecule has 0 amide bonds. The molecule has 10 aromatic carbocycles. The van der Waals surface area contributed by atoms with E-state index in [2.05, 4.69) is 276 Å². The van der Waals surface area contributed by atoms with Crippen LogP contribution in [0, 0.1) is 6.92 Å². The van der Waals surface area contributed by atoms with Crippen LogP contribution in [0.3, 0.4) is 0 Å². The fourth-order valence-corrected chi connectivity index (χ4v) is 16.9. The van der Waals surface area contributed by atoms with Crippen molar-refractivity contribution in [1.82, 2.24) is 0 Å². The molecule has 0 saturated heterocycles. The van der Waals surface area contributed by atoms with Gasteiger partial charge < -0.3 is 14.6 Å². The Morgan fingerprint density at radius 2 is 1.10 bits per heavy atom. The van der Waals surface area contributed by atoms with Gasteiger partial charge in [-0.25, -0.2) is 0 Å². The summed E-state index contributed by atoms with van der Waals surface area (Å²) < 4.78 is 2.59. The molecule has 4 aliphatic rings. The van der Waals surface area contributed by atoms with E-state index in [1.54, 1.807) is 0 Å². The third kappa shape index (κ3) is 7.78. The molecule has 390 valence electrons. The molecule has 0 atom stereocenters. The van der Waals surface area contributed by atoms with Crippen LogP contribution >= 0.6 is 34.9 Å². The van der Waals surface area contributed by atoms with Crippen LogP contribution in [0.4, 0.5) is 45.5 Å². The summed E-state index contributed by atoms with van der Waals surface area (Å²) >= 11 is 5.74. The summed E-state index contributed by atoms with van der Waals surface area (Å²) in [6, 6.07) is 78.9. The minimum Gasteiger partial charge on any atom is -0.375 e. The number of rotatable bonds is 6. The molecule has 0 radical (unpaired) electrons. The molecule has 7 heteroatoms. The maximum absolute atomic E-state index is 2.81. The number of nitrogens with zero attached hydrogens (tertiary/aromatic N) is 3. The molecule has 15 rings (SSSR count). The van der Waals surface area contributed by atoms with Gasteiger partial charge in [0, 0.05) is 96.4 Å². The van der Waals surface area contributed by atoms with Crippen molar-refractivity contribution >= 4 is 118 Å². The second-order valence-corrected chi connectivity index (χ2v) is 28.0. The zero-order valence-electron chi connectivity index (χ0n) is 46.7. The molecule has 80 heavy (non-hydrogen) atoms. The quantitative estimate of drug-likeness (QED) is 0.153. The average molecular weight is 1090 g/mol. The van der Waals surface area contributed by atoms with E-state index in [9.17, 15) is 0 Å². The summed E-state index contributed by atoms with van der Waals surface area (Å²) in [5, 5.41) is 2.59. The summed E-state index contributed by atoms with van der Waals surface area (Å²) in [6.07, 6.45) is 2.30. The van der Waals surface area contributed by atoms with Gasteiger partial charge >= 0.3 is 6.85 Å². The van der Waals surface area contributed by atoms with Crippen molar-refractivity contribution < 1.29 is 0 Å². The van der Waals surface area contributed by atoms with Crippen molar-refractivity contribution in [1.29, 1.82) is 0 Å². The summed E-state index contributed by atoms with van der Waals surface area (Å²) in [4.78, 5) is 13.2. The zero-order valence-corrected chi connectivity index (χ0v) is 49.1. The number of aryl methyl sites for hydroxylation is 1. The smallest absolute Gasteiger partial charge is 0.333 e. The van der Waals surface area contributed by atoms with Gasteiger partial charge in [-0.05, 0) is 171 Å². The van der Waals surface area contributed by atoms with Crippen molar-refractivity contribution in [2.24, 2.45) is 0 Å². The zero-order chi connectivity index (χ0) is 54.4. The van der Waals surface area contributed by atoms with E-state index < -0.39 is 0 Å². The molecule has 4 heterocycles. The number of anilines is 8. The first-order valence-electron chi connectivity index (χ1n) is 28.3. The molecule has 0 saturated carbocycles. The predicted molar refractivity (Wildman–Crippen MR) is 347 cm³/mol. The Morgan fingerprint density at radius 1 is 0.487 bits per heavy atom. The van der Waals surface area contributed by atoms with Crippen LogP contribution < -0.4 is 25.5 Å². The number of benzene rings is 10. The topological polar surface area (TPSA) is 9.72 Å². The molecule has 11 aromatic rings. The summed E-state index contributed by atoms with van der Waals surface area (Å²) in [5.41, 5.74) is 22.6. The third-order valence-corrected chi connectivity index (χ3v) is 21.4. The first kappa shape index (κ1) is 49.6. The maximum atomic E-state index is 2.81. The maximum Gasteiger partial charge on any atom is 0.333 e. The lowest BCUT2D eigenvalue weighted by atomic mass is 9.43. The van der Waals surface area contributed by atoms with Crippen LogP contribution in [0.2, 0.25) is 0 Å². The number of hydrogen-bond donors (Lipinski definition) is 0. The highest BCUT2D eigenvalue weighted by atomic mass is 32.2. The minimum atomic E-state index is -0.233. The fourth-order valence-electron chi connectivity index (χ4n) is 13.5. The standard InChI is InChI=1S/C73H62BN3S3/c1-45-38-55-56(73(7,8)37-36-72(55,5)6)42-59(45)76-60-44-67-66(79-63-30-20-21-31-64(63)80-67)43-57(60)74-69-54(40-50(41-61(69)76)75(48-24-14-10-15-25-48)49-26-16-11-17-27-49)51-33-35-65-68(52-28-18-19-29-62(52)78-65)70(51)77(74)58-34-32-47(71(2,3)4)39-53(58)46-22-12-9-13-23-46/h9-35,38-44H,36-37H2,1-8H3. The Hall–Kier alpha value is -7.42. The van der Waals surface area contributed by atoms with Crippen molar-refractivity contribution in [3.63, 3.8) is 0 Å². The number of thiophene rings is 1. The van der Waals surface area contributed by atoms with E-state index in [0.717, 1.165) is 29.9 Å². The highest BCUT2D eigenvalue weighted by Gasteiger charge is 2.49. The van der Waals surface area contributed by atoms with Crippen LogP contribution in [-0.2, 0) is 16.2 Å². The Bertz CT molecular complexity index is 4290. The molecular formula is C73H62BN3S3. The molecule has 0 bridgehead atoms. The first-order valence-corrected chi connectivity index (χ1v) is 30.8. The van der Waals surface area contributed by atoms with Gasteiger partial charge in [0.15, 0.2) is 0 Å². The molecule has 0 N–H and O–H groups in total. The van der Waals surface area contributed by atoms with Crippen LogP contribution in [0.5, 0.6) is 0 Å². The van der Waals surface area contributed by atoms with E-state index in [4.69, 9.17) is 0 Å². The van der Waals surface area contributed by atoms with Crippen molar-refractivity contribution in [3.8, 4) is 22.3 Å². The van der Waals surface area contributed by atoms with E-state index >= 15 is 0 Å². The molecule has 0 fully saturated rings. The second-order valence-electron chi connectivity index (χ2n) is 24.8. The number of para-hydroxylation sites is 2. The lowest BCUT2D eigenvalue weighted by Crippen LogP contribution is -2.62. The van der Waals surface area contributed by atoms with Crippen molar-refractivity contribution in [2.75, 3.05) is 14.6 Å². The molecule has 0 unspecified atom stereocenters. The number of fused-ring (bicyclic) bond motifs is 11. The Labute approximate surface area is 484 Å². The predicted octanol–water partition coefficient (Wildman–Crippen LogP) is 20.5. The molecule has 3 aliphatic heterocycles. The van der Waals surface area contributed by atoms with E-state index in [1.165, 1.54) is 124 Å². The Kier molecular flexibility index (Phi) is 11.4. The van der Waals surface area contributed by atoms with E-state index in [0.29, 0.717) is 0 Å². The molecule has 1 aromatic heterocycles. The highest BCUT2D eigenvalue weighted by molar-refractivity contribution is 8.05. The summed E-state index contributed by atoms with van der Waals surface area (Å²) in [5.74, 6) is 0. The third-order valence-electron chi connectivity index (χ3n) is 17.8. The van der Waals surface area contributed by atoms with Crippen molar-refractivity contribution in [2.45, 2.75) is 104 Å². The molecule has 0 spiro atoms. The van der Waals surface area contributed by atoms with Crippen LogP contribution in [-0.4, -0.2) is 6.85 Å². The van der Waals surface area contributed by atoms with Crippen LogP contribution in [0.1, 0.15) is 83.6 Å². The lowest BCUT2D eigenvalue weighted by molar-refractivity contribution is 0.332. The Balaban J connectivity index is 1.13. The summed E-state index contributed by atoms with van der Waals surface area (Å²) in [6.45, 7) is 19.0. The van der Waals surface area contributed by atoms with Crippen LogP contribution in [0.25, 0.3) is 42.4 Å². The fraction of sp³-hybridized carbons (Fsp3) is 0.178. The average Bonchev–Trinajstić information content (AvgIpc) is 4.01. The molecule has 3 nitrogen and oxygen atoms in total. The van der Waals surface area contributed by atoms with Gasteiger partial charge in [-0.2, -0.15) is 0 Å². The van der Waals surface area contributed by atoms with Crippen LogP contribution in [0.15, 0.2) is 226 Å². The largest absolute Gasteiger partial charge is 0.375 e. The monoisotopic (exact) mass is 1090 g/mol. The van der Waals surface area contributed by atoms with Gasteiger partial charge in [0.25, 0.3) is 0 Å². The molecule has 1 aliphatic carbocycles. The van der Waals surface area contributed by atoms with Gasteiger partial charge in [0.2, 0.25) is 0 Å². The van der Waals surface area contributed by atoms with Gasteiger partial charge in [-0.15, -0.1) is 11.3 Å².